The number of rotatable bonds is 14. The van der Waals surface area contributed by atoms with Gasteiger partial charge in [-0.2, -0.15) is 5.26 Å². The number of imidazole rings is 1. The van der Waals surface area contributed by atoms with Crippen molar-refractivity contribution in [2.45, 2.75) is 71.1 Å². The number of carboxylic acid groups (broad SMARTS) is 1. The number of aliphatic carboxylic acids is 1. The van der Waals surface area contributed by atoms with Gasteiger partial charge >= 0.3 is 5.97 Å². The molecule has 10 nitrogen and oxygen atoms in total. The van der Waals surface area contributed by atoms with Crippen molar-refractivity contribution >= 4 is 34.3 Å². The zero-order valence-electron chi connectivity index (χ0n) is 27.9. The normalized spacial score (nSPS) is 17.5. The lowest BCUT2D eigenvalue weighted by Crippen LogP contribution is -2.63. The molecular formula is C38H44N6O4. The van der Waals surface area contributed by atoms with Gasteiger partial charge in [0.05, 0.1) is 43.3 Å². The lowest BCUT2D eigenvalue weighted by molar-refractivity contribution is -0.152. The zero-order chi connectivity index (χ0) is 34.3. The van der Waals surface area contributed by atoms with Gasteiger partial charge in [0.25, 0.3) is 0 Å². The maximum Gasteiger partial charge on any atom is 0.331 e. The van der Waals surface area contributed by atoms with Crippen LogP contribution in [0.2, 0.25) is 0 Å². The second-order valence-corrected chi connectivity index (χ2v) is 12.9. The Morgan fingerprint density at radius 2 is 1.83 bits per heavy atom. The largest absolute Gasteiger partial charge is 0.480 e. The first kappa shape index (κ1) is 34.5. The zero-order valence-corrected chi connectivity index (χ0v) is 27.9. The van der Waals surface area contributed by atoms with Crippen LogP contribution in [0.5, 0.6) is 0 Å². The molecule has 1 aliphatic heterocycles. The molecule has 48 heavy (non-hydrogen) atoms. The third kappa shape index (κ3) is 7.48. The molecule has 0 spiro atoms. The van der Waals surface area contributed by atoms with Crippen molar-refractivity contribution < 1.29 is 19.5 Å². The topological polar surface area (TPSA) is 132 Å². The fourth-order valence-electron chi connectivity index (χ4n) is 6.77. The van der Waals surface area contributed by atoms with Crippen molar-refractivity contribution in [1.29, 1.82) is 5.26 Å². The lowest BCUT2D eigenvalue weighted by atomic mass is 9.84. The Morgan fingerprint density at radius 3 is 2.50 bits per heavy atom. The highest BCUT2D eigenvalue weighted by atomic mass is 16.4. The Labute approximate surface area is 282 Å². The Kier molecular flexibility index (Phi) is 11.0. The number of nitriles is 1. The minimum Gasteiger partial charge on any atom is -0.480 e. The number of aromatic nitrogens is 2. The van der Waals surface area contributed by atoms with E-state index in [-0.39, 0.29) is 36.6 Å². The second-order valence-electron chi connectivity index (χ2n) is 12.9. The average Bonchev–Trinajstić information content (AvgIpc) is 3.55. The molecular weight excluding hydrogens is 604 g/mol. The van der Waals surface area contributed by atoms with Gasteiger partial charge in [0, 0.05) is 20.0 Å². The van der Waals surface area contributed by atoms with Crippen molar-refractivity contribution in [2.24, 2.45) is 5.92 Å². The fourth-order valence-corrected chi connectivity index (χ4v) is 6.77. The second kappa shape index (κ2) is 15.4. The van der Waals surface area contributed by atoms with Gasteiger partial charge < -0.3 is 9.67 Å². The number of carboxylic acids is 1. The third-order valence-corrected chi connectivity index (χ3v) is 9.68. The number of carbonyl (C=O) groups is 3. The molecule has 2 heterocycles. The summed E-state index contributed by atoms with van der Waals surface area (Å²) in [6.45, 7) is 7.27. The van der Waals surface area contributed by atoms with Crippen LogP contribution in [0.3, 0.4) is 0 Å². The highest BCUT2D eigenvalue weighted by Crippen LogP contribution is 2.28. The highest BCUT2D eigenvalue weighted by Gasteiger charge is 2.47. The van der Waals surface area contributed by atoms with E-state index in [9.17, 15) is 24.8 Å². The summed E-state index contributed by atoms with van der Waals surface area (Å²) in [6.07, 6.45) is 5.87. The minimum absolute atomic E-state index is 0.0264. The number of ketones is 1. The average molecular weight is 649 g/mol. The van der Waals surface area contributed by atoms with E-state index in [1.54, 1.807) is 36.5 Å². The van der Waals surface area contributed by atoms with Crippen LogP contribution < -0.4 is 10.2 Å². The molecule has 1 amide bonds. The summed E-state index contributed by atoms with van der Waals surface area (Å²) in [5.41, 5.74) is 0.908. The summed E-state index contributed by atoms with van der Waals surface area (Å²) in [7, 11) is 0. The number of amides is 1. The molecule has 1 aromatic heterocycles. The molecule has 1 fully saturated rings. The fraction of sp³-hybridized carbons (Fsp3) is 0.395. The Hall–Kier alpha value is -4.85. The van der Waals surface area contributed by atoms with Gasteiger partial charge in [0.2, 0.25) is 5.91 Å². The molecule has 2 N–H and O–H groups in total. The number of hydrogen-bond acceptors (Lipinski definition) is 7. The molecule has 1 unspecified atom stereocenters. The number of fused-ring (bicyclic) bond motifs is 1. The van der Waals surface area contributed by atoms with Crippen LogP contribution in [0.25, 0.3) is 10.8 Å². The van der Waals surface area contributed by atoms with Crippen LogP contribution in [-0.2, 0) is 27.5 Å². The van der Waals surface area contributed by atoms with Crippen LogP contribution in [0, 0.1) is 17.2 Å². The van der Waals surface area contributed by atoms with E-state index in [4.69, 9.17) is 0 Å². The van der Waals surface area contributed by atoms with Gasteiger partial charge in [-0.3, -0.25) is 24.7 Å². The quantitative estimate of drug-likeness (QED) is 0.174. The monoisotopic (exact) mass is 648 g/mol. The molecule has 0 bridgehead atoms. The number of benzene rings is 3. The Morgan fingerprint density at radius 1 is 1.08 bits per heavy atom. The first-order chi connectivity index (χ1) is 23.2. The van der Waals surface area contributed by atoms with Crippen LogP contribution in [0.1, 0.15) is 63.1 Å². The number of nitrogens with zero attached hydrogens (tertiary/aromatic N) is 5. The number of hydrogen-bond donors (Lipinski definition) is 2. The van der Waals surface area contributed by atoms with Crippen molar-refractivity contribution in [3.63, 3.8) is 0 Å². The molecule has 0 radical (unpaired) electrons. The molecule has 1 saturated heterocycles. The van der Waals surface area contributed by atoms with Crippen LogP contribution in [0.15, 0.2) is 79.3 Å². The van der Waals surface area contributed by atoms with E-state index in [1.165, 1.54) is 0 Å². The standard InChI is InChI=1S/C38H44N6O4/c1-4-27(2)34(44(28(3)45)36-21-40-26-43(36)22-30-16-14-29(20-39)15-17-30)24-42(23-32-12-9-11-31-10-5-6-13-33(31)32)25-35(46)38(37(47)48)18-7-8-19-41-38/h5-6,9-17,21,26-27,34,41H,4,7-8,18-19,22-25H2,1-3H3,(H,47,48)/t27-,34+,38?/m0/s1. The number of carbonyl (C=O) groups excluding carboxylic acids is 2. The van der Waals surface area contributed by atoms with E-state index in [0.29, 0.717) is 44.0 Å². The number of Topliss-reactive ketones (excluding diaryl/α,β-unsaturated/α-hetero) is 1. The van der Waals surface area contributed by atoms with E-state index < -0.39 is 11.5 Å². The van der Waals surface area contributed by atoms with Crippen molar-refractivity contribution in [3.8, 4) is 6.07 Å². The predicted molar refractivity (Wildman–Crippen MR) is 185 cm³/mol. The molecule has 5 rings (SSSR count). The molecule has 0 aliphatic carbocycles. The van der Waals surface area contributed by atoms with Gasteiger partial charge in [-0.05, 0) is 65.8 Å². The number of piperidine rings is 1. The molecule has 3 atom stereocenters. The Balaban J connectivity index is 1.52. The van der Waals surface area contributed by atoms with E-state index in [2.05, 4.69) is 36.3 Å². The van der Waals surface area contributed by atoms with Gasteiger partial charge in [-0.15, -0.1) is 0 Å². The van der Waals surface area contributed by atoms with Gasteiger partial charge in [0.1, 0.15) is 5.82 Å². The van der Waals surface area contributed by atoms with Gasteiger partial charge in [0.15, 0.2) is 11.3 Å². The van der Waals surface area contributed by atoms with E-state index >= 15 is 0 Å². The van der Waals surface area contributed by atoms with Crippen molar-refractivity contribution in [1.82, 2.24) is 19.8 Å². The maximum absolute atomic E-state index is 14.1. The third-order valence-electron chi connectivity index (χ3n) is 9.68. The summed E-state index contributed by atoms with van der Waals surface area (Å²) >= 11 is 0. The smallest absolute Gasteiger partial charge is 0.331 e. The lowest BCUT2D eigenvalue weighted by Gasteiger charge is -2.40. The van der Waals surface area contributed by atoms with Crippen LogP contribution >= 0.6 is 0 Å². The number of nitrogens with one attached hydrogen (secondary N) is 1. The van der Waals surface area contributed by atoms with Crippen LogP contribution in [-0.4, -0.2) is 68.4 Å². The van der Waals surface area contributed by atoms with Gasteiger partial charge in [-0.25, -0.2) is 9.78 Å². The molecule has 1 aliphatic rings. The van der Waals surface area contributed by atoms with Crippen molar-refractivity contribution in [2.75, 3.05) is 24.5 Å². The van der Waals surface area contributed by atoms with Gasteiger partial charge in [-0.1, -0.05) is 74.9 Å². The minimum atomic E-state index is -1.64. The summed E-state index contributed by atoms with van der Waals surface area (Å²) in [4.78, 5) is 48.5. The van der Waals surface area contributed by atoms with E-state index in [0.717, 1.165) is 34.7 Å². The molecule has 250 valence electrons. The Bertz CT molecular complexity index is 1780. The summed E-state index contributed by atoms with van der Waals surface area (Å²) < 4.78 is 1.92. The number of anilines is 1. The predicted octanol–water partition coefficient (Wildman–Crippen LogP) is 5.39. The highest BCUT2D eigenvalue weighted by molar-refractivity contribution is 6.08. The molecule has 3 aromatic carbocycles. The molecule has 10 heteroatoms. The van der Waals surface area contributed by atoms with Crippen molar-refractivity contribution in [3.05, 3.63) is 95.9 Å². The van der Waals surface area contributed by atoms with Crippen LogP contribution in [0.4, 0.5) is 5.82 Å². The SMILES string of the molecule is CC[C@H](C)[C@@H](CN(CC(=O)C1(C(=O)O)CCCCN1)Cc1cccc2ccccc12)N(C(C)=O)c1cncn1Cc1ccc(C#N)cc1. The first-order valence-corrected chi connectivity index (χ1v) is 16.7. The molecule has 4 aromatic rings. The summed E-state index contributed by atoms with van der Waals surface area (Å²) in [5.74, 6) is -1.02. The summed E-state index contributed by atoms with van der Waals surface area (Å²) in [6, 6.07) is 23.3. The maximum atomic E-state index is 14.1. The van der Waals surface area contributed by atoms with E-state index in [1.807, 2.05) is 58.0 Å². The molecule has 0 saturated carbocycles. The first-order valence-electron chi connectivity index (χ1n) is 16.7. The summed E-state index contributed by atoms with van der Waals surface area (Å²) in [5, 5.41) is 24.7.